The first-order chi connectivity index (χ1) is 9.81. The van der Waals surface area contributed by atoms with E-state index in [-0.39, 0.29) is 0 Å². The number of hydrogen-bond donors (Lipinski definition) is 1. The summed E-state index contributed by atoms with van der Waals surface area (Å²) in [5, 5.41) is 2.29. The summed E-state index contributed by atoms with van der Waals surface area (Å²) in [5.74, 6) is 1.84. The van der Waals surface area contributed by atoms with E-state index in [2.05, 4.69) is 29.6 Å². The number of ether oxygens (including phenoxy) is 2. The Morgan fingerprint density at radius 1 is 0.800 bits per heavy atom. The number of hydrogen-bond acceptors (Lipinski definition) is 2. The van der Waals surface area contributed by atoms with E-state index in [0.717, 1.165) is 24.6 Å². The summed E-state index contributed by atoms with van der Waals surface area (Å²) >= 11 is 0. The molecule has 0 saturated heterocycles. The Hall–Kier alpha value is -2.00. The van der Waals surface area contributed by atoms with Gasteiger partial charge in [-0.1, -0.05) is 0 Å². The standard InChI is InChI=1S/C17H21NO2/c1-3-20-17-10-6-15(7-11-17)13-18-12-14-4-8-16(19-2)9-5-14/h4-11,18H,3,12-13H2,1-2H3/p+1. The normalized spacial score (nSPS) is 10.3. The molecule has 2 aromatic rings. The summed E-state index contributed by atoms with van der Waals surface area (Å²) in [6, 6.07) is 16.5. The Kier molecular flexibility index (Phi) is 5.44. The Labute approximate surface area is 120 Å². The molecule has 0 amide bonds. The average Bonchev–Trinajstić information content (AvgIpc) is 2.50. The van der Waals surface area contributed by atoms with Crippen molar-refractivity contribution in [1.29, 1.82) is 0 Å². The fourth-order valence-corrected chi connectivity index (χ4v) is 2.06. The second-order valence-corrected chi connectivity index (χ2v) is 4.62. The van der Waals surface area contributed by atoms with Gasteiger partial charge in [-0.15, -0.1) is 0 Å². The summed E-state index contributed by atoms with van der Waals surface area (Å²) in [6.07, 6.45) is 0. The molecule has 0 spiro atoms. The molecule has 106 valence electrons. The summed E-state index contributed by atoms with van der Waals surface area (Å²) < 4.78 is 10.6. The number of nitrogens with two attached hydrogens (primary N) is 1. The minimum atomic E-state index is 0.711. The summed E-state index contributed by atoms with van der Waals surface area (Å²) in [6.45, 7) is 4.65. The van der Waals surface area contributed by atoms with Crippen molar-refractivity contribution < 1.29 is 14.8 Å². The van der Waals surface area contributed by atoms with Crippen LogP contribution < -0.4 is 14.8 Å². The Morgan fingerprint density at radius 2 is 1.30 bits per heavy atom. The molecule has 0 aliphatic heterocycles. The fraction of sp³-hybridized carbons (Fsp3) is 0.294. The molecule has 0 radical (unpaired) electrons. The molecule has 0 fully saturated rings. The van der Waals surface area contributed by atoms with Crippen molar-refractivity contribution in [3.63, 3.8) is 0 Å². The number of quaternary nitrogens is 1. The quantitative estimate of drug-likeness (QED) is 0.839. The lowest BCUT2D eigenvalue weighted by molar-refractivity contribution is -0.686. The minimum absolute atomic E-state index is 0.711. The largest absolute Gasteiger partial charge is 0.497 e. The van der Waals surface area contributed by atoms with E-state index in [1.807, 2.05) is 31.2 Å². The lowest BCUT2D eigenvalue weighted by Gasteiger charge is -2.05. The molecule has 0 aliphatic rings. The van der Waals surface area contributed by atoms with Gasteiger partial charge in [0.1, 0.15) is 24.6 Å². The third-order valence-corrected chi connectivity index (χ3v) is 3.15. The van der Waals surface area contributed by atoms with Crippen molar-refractivity contribution in [1.82, 2.24) is 0 Å². The van der Waals surface area contributed by atoms with Crippen molar-refractivity contribution in [3.8, 4) is 11.5 Å². The second kappa shape index (κ2) is 7.56. The van der Waals surface area contributed by atoms with Crippen molar-refractivity contribution in [2.24, 2.45) is 0 Å². The molecule has 0 unspecified atom stereocenters. The third-order valence-electron chi connectivity index (χ3n) is 3.15. The molecule has 2 rings (SSSR count). The van der Waals surface area contributed by atoms with Crippen molar-refractivity contribution in [3.05, 3.63) is 59.7 Å². The van der Waals surface area contributed by atoms with Crippen LogP contribution in [0.4, 0.5) is 0 Å². The highest BCUT2D eigenvalue weighted by Gasteiger charge is 1.99. The van der Waals surface area contributed by atoms with Gasteiger partial charge in [-0.2, -0.15) is 0 Å². The molecular formula is C17H22NO2+. The number of benzene rings is 2. The molecule has 3 heteroatoms. The van der Waals surface area contributed by atoms with Crippen LogP contribution in [0.2, 0.25) is 0 Å². The topological polar surface area (TPSA) is 35.1 Å². The minimum Gasteiger partial charge on any atom is -0.497 e. The zero-order chi connectivity index (χ0) is 14.2. The van der Waals surface area contributed by atoms with E-state index < -0.39 is 0 Å². The van der Waals surface area contributed by atoms with Gasteiger partial charge in [0, 0.05) is 11.1 Å². The molecule has 0 heterocycles. The van der Waals surface area contributed by atoms with E-state index in [9.17, 15) is 0 Å². The van der Waals surface area contributed by atoms with Crippen LogP contribution in [0.25, 0.3) is 0 Å². The molecular weight excluding hydrogens is 250 g/mol. The predicted octanol–water partition coefficient (Wildman–Crippen LogP) is 2.36. The molecule has 0 atom stereocenters. The van der Waals surface area contributed by atoms with E-state index in [1.54, 1.807) is 7.11 Å². The van der Waals surface area contributed by atoms with Crippen LogP contribution in [0.1, 0.15) is 18.1 Å². The van der Waals surface area contributed by atoms with Gasteiger partial charge in [0.2, 0.25) is 0 Å². The van der Waals surface area contributed by atoms with Crippen molar-refractivity contribution >= 4 is 0 Å². The van der Waals surface area contributed by atoms with Crippen LogP contribution in [0.15, 0.2) is 48.5 Å². The van der Waals surface area contributed by atoms with E-state index in [1.165, 1.54) is 11.1 Å². The monoisotopic (exact) mass is 272 g/mol. The van der Waals surface area contributed by atoms with E-state index >= 15 is 0 Å². The van der Waals surface area contributed by atoms with Crippen LogP contribution in [-0.2, 0) is 13.1 Å². The first kappa shape index (κ1) is 14.4. The highest BCUT2D eigenvalue weighted by atomic mass is 16.5. The van der Waals surface area contributed by atoms with Gasteiger partial charge in [-0.3, -0.25) is 0 Å². The van der Waals surface area contributed by atoms with Gasteiger partial charge in [0.05, 0.1) is 13.7 Å². The van der Waals surface area contributed by atoms with Crippen LogP contribution in [0, 0.1) is 0 Å². The van der Waals surface area contributed by atoms with Gasteiger partial charge < -0.3 is 14.8 Å². The molecule has 0 aromatic heterocycles. The van der Waals surface area contributed by atoms with Crippen LogP contribution in [-0.4, -0.2) is 13.7 Å². The molecule has 20 heavy (non-hydrogen) atoms. The average molecular weight is 272 g/mol. The van der Waals surface area contributed by atoms with E-state index in [0.29, 0.717) is 6.61 Å². The van der Waals surface area contributed by atoms with Gasteiger partial charge in [-0.25, -0.2) is 0 Å². The Bertz CT molecular complexity index is 506. The Morgan fingerprint density at radius 3 is 1.75 bits per heavy atom. The second-order valence-electron chi connectivity index (χ2n) is 4.62. The van der Waals surface area contributed by atoms with Gasteiger partial charge in [-0.05, 0) is 55.5 Å². The zero-order valence-electron chi connectivity index (χ0n) is 12.1. The molecule has 0 saturated carbocycles. The first-order valence-corrected chi connectivity index (χ1v) is 6.98. The lowest BCUT2D eigenvalue weighted by atomic mass is 10.2. The number of methoxy groups -OCH3 is 1. The van der Waals surface area contributed by atoms with Gasteiger partial charge >= 0.3 is 0 Å². The van der Waals surface area contributed by atoms with Crippen molar-refractivity contribution in [2.75, 3.05) is 13.7 Å². The molecule has 3 nitrogen and oxygen atoms in total. The summed E-state index contributed by atoms with van der Waals surface area (Å²) in [5.41, 5.74) is 2.61. The molecule has 0 bridgehead atoms. The Balaban J connectivity index is 1.79. The highest BCUT2D eigenvalue weighted by molar-refractivity contribution is 5.27. The maximum Gasteiger partial charge on any atom is 0.119 e. The van der Waals surface area contributed by atoms with E-state index in [4.69, 9.17) is 9.47 Å². The zero-order valence-corrected chi connectivity index (χ0v) is 12.1. The molecule has 2 aromatic carbocycles. The smallest absolute Gasteiger partial charge is 0.119 e. The van der Waals surface area contributed by atoms with Crippen LogP contribution in [0.3, 0.4) is 0 Å². The van der Waals surface area contributed by atoms with Crippen molar-refractivity contribution in [2.45, 2.75) is 20.0 Å². The summed E-state index contributed by atoms with van der Waals surface area (Å²) in [7, 11) is 1.69. The van der Waals surface area contributed by atoms with Gasteiger partial charge in [0.15, 0.2) is 0 Å². The molecule has 2 N–H and O–H groups in total. The van der Waals surface area contributed by atoms with Crippen LogP contribution >= 0.6 is 0 Å². The highest BCUT2D eigenvalue weighted by Crippen LogP contribution is 2.12. The predicted molar refractivity (Wildman–Crippen MR) is 79.9 cm³/mol. The maximum absolute atomic E-state index is 5.43. The van der Waals surface area contributed by atoms with Crippen LogP contribution in [0.5, 0.6) is 11.5 Å². The lowest BCUT2D eigenvalue weighted by Crippen LogP contribution is -2.80. The maximum atomic E-state index is 5.43. The van der Waals surface area contributed by atoms with Gasteiger partial charge in [0.25, 0.3) is 0 Å². The SMILES string of the molecule is CCOc1ccc(C[NH2+]Cc2ccc(OC)cc2)cc1. The molecule has 0 aliphatic carbocycles. The number of rotatable bonds is 7. The first-order valence-electron chi connectivity index (χ1n) is 6.98. The third kappa shape index (κ3) is 4.28. The fourth-order valence-electron chi connectivity index (χ4n) is 2.06. The summed E-state index contributed by atoms with van der Waals surface area (Å²) in [4.78, 5) is 0.